The van der Waals surface area contributed by atoms with Crippen molar-refractivity contribution in [3.05, 3.63) is 57.0 Å². The number of fused-ring (bicyclic) bond motifs is 1. The lowest BCUT2D eigenvalue weighted by molar-refractivity contribution is 0.0951. The molecular formula is C21H21BrClN3O3S. The third kappa shape index (κ3) is 4.71. The number of ether oxygens (including phenoxy) is 1. The number of carbonyl (C=O) groups is 2. The molecule has 2 aliphatic heterocycles. The van der Waals surface area contributed by atoms with Gasteiger partial charge in [0.15, 0.2) is 0 Å². The van der Waals surface area contributed by atoms with Gasteiger partial charge >= 0.3 is 6.09 Å². The highest BCUT2D eigenvalue weighted by Crippen LogP contribution is 2.39. The third-order valence-corrected chi connectivity index (χ3v) is 7.83. The fraction of sp³-hybridized carbons (Fsp3) is 0.333. The number of hydrogen-bond donors (Lipinski definition) is 2. The lowest BCUT2D eigenvalue weighted by Gasteiger charge is -2.32. The van der Waals surface area contributed by atoms with Gasteiger partial charge in [-0.1, -0.05) is 23.7 Å². The predicted molar refractivity (Wildman–Crippen MR) is 122 cm³/mol. The largest absolute Gasteiger partial charge is 0.447 e. The van der Waals surface area contributed by atoms with Crippen molar-refractivity contribution in [2.45, 2.75) is 35.6 Å². The Bertz CT molecular complexity index is 973. The molecule has 2 saturated heterocycles. The average Bonchev–Trinajstić information content (AvgIpc) is 3.09. The number of anilines is 1. The maximum absolute atomic E-state index is 12.7. The van der Waals surface area contributed by atoms with Gasteiger partial charge in [-0.2, -0.15) is 0 Å². The van der Waals surface area contributed by atoms with Gasteiger partial charge in [0.1, 0.15) is 6.61 Å². The molecule has 9 heteroatoms. The molecule has 6 nitrogen and oxygen atoms in total. The van der Waals surface area contributed by atoms with Crippen LogP contribution in [0, 0.1) is 0 Å². The van der Waals surface area contributed by atoms with E-state index < -0.39 is 0 Å². The van der Waals surface area contributed by atoms with Crippen molar-refractivity contribution in [2.75, 3.05) is 18.9 Å². The molecule has 4 rings (SSSR count). The second kappa shape index (κ2) is 9.08. The minimum absolute atomic E-state index is 0.137. The summed E-state index contributed by atoms with van der Waals surface area (Å²) < 4.78 is 6.01. The Kier molecular flexibility index (Phi) is 6.46. The molecule has 30 heavy (non-hydrogen) atoms. The van der Waals surface area contributed by atoms with E-state index in [0.717, 1.165) is 27.8 Å². The quantitative estimate of drug-likeness (QED) is 0.570. The van der Waals surface area contributed by atoms with Crippen molar-refractivity contribution < 1.29 is 14.3 Å². The minimum atomic E-state index is -0.221. The molecular weight excluding hydrogens is 490 g/mol. The number of rotatable bonds is 5. The Morgan fingerprint density at radius 1 is 1.33 bits per heavy atom. The van der Waals surface area contributed by atoms with Crippen LogP contribution in [0.3, 0.4) is 0 Å². The number of carbonyl (C=O) groups excluding carboxylic acids is 2. The summed E-state index contributed by atoms with van der Waals surface area (Å²) in [5.74, 6) is -0.221. The minimum Gasteiger partial charge on any atom is -0.447 e. The number of nitrogens with one attached hydrogen (secondary N) is 1. The predicted octanol–water partition coefficient (Wildman–Crippen LogP) is 4.69. The summed E-state index contributed by atoms with van der Waals surface area (Å²) >= 11 is 11.2. The molecule has 0 unspecified atom stereocenters. The number of thioether (sulfide) groups is 1. The molecule has 2 amide bonds. The first kappa shape index (κ1) is 21.3. The summed E-state index contributed by atoms with van der Waals surface area (Å²) in [7, 11) is 0. The van der Waals surface area contributed by atoms with Crippen LogP contribution in [0.1, 0.15) is 28.8 Å². The van der Waals surface area contributed by atoms with Gasteiger partial charge in [-0.15, -0.1) is 11.8 Å². The zero-order chi connectivity index (χ0) is 21.3. The lowest BCUT2D eigenvalue weighted by Crippen LogP contribution is -2.41. The molecule has 0 saturated carbocycles. The fourth-order valence-electron chi connectivity index (χ4n) is 3.69. The number of piperidine rings is 1. The Hall–Kier alpha value is -1.90. The summed E-state index contributed by atoms with van der Waals surface area (Å²) in [5, 5.41) is 3.91. The highest BCUT2D eigenvalue weighted by molar-refractivity contribution is 9.10. The van der Waals surface area contributed by atoms with E-state index in [-0.39, 0.29) is 18.0 Å². The Labute approximate surface area is 192 Å². The molecule has 0 aliphatic carbocycles. The first-order chi connectivity index (χ1) is 14.4. The van der Waals surface area contributed by atoms with E-state index in [9.17, 15) is 9.59 Å². The molecule has 2 aliphatic rings. The van der Waals surface area contributed by atoms with E-state index in [1.54, 1.807) is 30.0 Å². The second-order valence-electron chi connectivity index (χ2n) is 7.37. The molecule has 2 aromatic rings. The SMILES string of the molecule is Nc1cc(Br)c(S[C@H]2CCN3C(=O)OC[C@@H]3C2)cc1C(=O)NCc1ccc(Cl)cc1. The fourth-order valence-corrected chi connectivity index (χ4v) is 5.71. The lowest BCUT2D eigenvalue weighted by atomic mass is 10.0. The molecule has 0 radical (unpaired) electrons. The normalized spacial score (nSPS) is 20.6. The van der Waals surface area contributed by atoms with Gasteiger partial charge in [-0.05, 0) is 58.6 Å². The van der Waals surface area contributed by atoms with Crippen LogP contribution in [-0.2, 0) is 11.3 Å². The van der Waals surface area contributed by atoms with Gasteiger partial charge in [-0.3, -0.25) is 4.79 Å². The van der Waals surface area contributed by atoms with E-state index in [0.29, 0.717) is 41.2 Å². The number of nitrogens with two attached hydrogens (primary N) is 1. The van der Waals surface area contributed by atoms with Gasteiger partial charge in [0.2, 0.25) is 0 Å². The summed E-state index contributed by atoms with van der Waals surface area (Å²) in [6.45, 7) is 1.54. The monoisotopic (exact) mass is 509 g/mol. The van der Waals surface area contributed by atoms with Gasteiger partial charge in [0, 0.05) is 38.4 Å². The van der Waals surface area contributed by atoms with E-state index in [2.05, 4.69) is 21.2 Å². The summed E-state index contributed by atoms with van der Waals surface area (Å²) in [4.78, 5) is 27.2. The molecule has 2 atom stereocenters. The molecule has 2 heterocycles. The smallest absolute Gasteiger partial charge is 0.410 e. The van der Waals surface area contributed by atoms with Crippen molar-refractivity contribution in [3.63, 3.8) is 0 Å². The number of nitrogens with zero attached hydrogens (tertiary/aromatic N) is 1. The first-order valence-electron chi connectivity index (χ1n) is 9.62. The number of halogens is 2. The molecule has 158 valence electrons. The van der Waals surface area contributed by atoms with Crippen LogP contribution in [0.4, 0.5) is 10.5 Å². The summed E-state index contributed by atoms with van der Waals surface area (Å²) in [6, 6.07) is 11.1. The van der Waals surface area contributed by atoms with Gasteiger partial charge in [0.25, 0.3) is 5.91 Å². The van der Waals surface area contributed by atoms with Crippen molar-refractivity contribution in [1.82, 2.24) is 10.2 Å². The second-order valence-corrected chi connectivity index (χ2v) is 10.0. The Morgan fingerprint density at radius 2 is 2.10 bits per heavy atom. The zero-order valence-corrected chi connectivity index (χ0v) is 19.2. The first-order valence-corrected chi connectivity index (χ1v) is 11.7. The van der Waals surface area contributed by atoms with E-state index in [1.807, 2.05) is 23.1 Å². The van der Waals surface area contributed by atoms with Crippen LogP contribution in [0.15, 0.2) is 45.8 Å². The number of hydrogen-bond acceptors (Lipinski definition) is 5. The third-order valence-electron chi connectivity index (χ3n) is 5.31. The van der Waals surface area contributed by atoms with E-state index in [1.165, 1.54) is 0 Å². The average molecular weight is 511 g/mol. The van der Waals surface area contributed by atoms with Gasteiger partial charge < -0.3 is 20.7 Å². The van der Waals surface area contributed by atoms with Crippen LogP contribution in [0.5, 0.6) is 0 Å². The van der Waals surface area contributed by atoms with Crippen molar-refractivity contribution in [3.8, 4) is 0 Å². The highest BCUT2D eigenvalue weighted by Gasteiger charge is 2.38. The van der Waals surface area contributed by atoms with Crippen LogP contribution < -0.4 is 11.1 Å². The summed E-state index contributed by atoms with van der Waals surface area (Å²) in [6.07, 6.45) is 1.54. The molecule has 0 bridgehead atoms. The zero-order valence-electron chi connectivity index (χ0n) is 16.1. The van der Waals surface area contributed by atoms with Crippen molar-refractivity contribution in [2.24, 2.45) is 0 Å². The highest BCUT2D eigenvalue weighted by atomic mass is 79.9. The molecule has 3 N–H and O–H groups in total. The van der Waals surface area contributed by atoms with Crippen molar-refractivity contribution >= 4 is 57.0 Å². The number of cyclic esters (lactones) is 1. The Balaban J connectivity index is 1.43. The number of amides is 2. The topological polar surface area (TPSA) is 84.7 Å². The number of benzene rings is 2. The van der Waals surface area contributed by atoms with Crippen molar-refractivity contribution in [1.29, 1.82) is 0 Å². The summed E-state index contributed by atoms with van der Waals surface area (Å²) in [5.41, 5.74) is 7.95. The van der Waals surface area contributed by atoms with Crippen LogP contribution >= 0.6 is 39.3 Å². The van der Waals surface area contributed by atoms with Crippen LogP contribution in [0.25, 0.3) is 0 Å². The molecule has 0 spiro atoms. The molecule has 2 aromatic carbocycles. The Morgan fingerprint density at radius 3 is 2.87 bits per heavy atom. The van der Waals surface area contributed by atoms with Gasteiger partial charge in [0.05, 0.1) is 11.6 Å². The van der Waals surface area contributed by atoms with Crippen LogP contribution in [0.2, 0.25) is 5.02 Å². The van der Waals surface area contributed by atoms with Crippen LogP contribution in [-0.4, -0.2) is 41.3 Å². The van der Waals surface area contributed by atoms with E-state index >= 15 is 0 Å². The molecule has 2 fully saturated rings. The van der Waals surface area contributed by atoms with E-state index in [4.69, 9.17) is 22.1 Å². The maximum atomic E-state index is 12.7. The number of nitrogen functional groups attached to an aromatic ring is 1. The standard InChI is InChI=1S/C21H21BrClN3O3S/c22-17-9-18(24)16(20(27)25-10-12-1-3-13(23)4-2-12)8-19(17)30-15-5-6-26-14(7-15)11-29-21(26)28/h1-4,8-9,14-15H,5-7,10-11,24H2,(H,25,27)/t14-,15-/m0/s1. The molecule has 0 aromatic heterocycles. The van der Waals surface area contributed by atoms with Gasteiger partial charge in [-0.25, -0.2) is 4.79 Å². The maximum Gasteiger partial charge on any atom is 0.410 e.